The van der Waals surface area contributed by atoms with Gasteiger partial charge in [-0.25, -0.2) is 0 Å². The van der Waals surface area contributed by atoms with Crippen LogP contribution in [0.25, 0.3) is 0 Å². The summed E-state index contributed by atoms with van der Waals surface area (Å²) in [4.78, 5) is 119. The number of amides is 3. The predicted octanol–water partition coefficient (Wildman–Crippen LogP) is 5.51. The standard InChI is InChI=1S/C39H59N3O9S2/c1-5-31(43)13-21-40(22-14-32(44)6-2)37(49)17-25-42(26-18-38(50)41(23-15-33(45)7-3)24-16-34(46)8-4)39(51)30-9-11-35(47)19-27-52-29-53-28-20-36(48)12-10-30/h19-20,27-28,30H,5-18,21-26,29H2,1-4H3/b27-19+,28-20+. The predicted molar refractivity (Wildman–Crippen MR) is 209 cm³/mol. The monoisotopic (exact) mass is 777 g/mol. The van der Waals surface area contributed by atoms with Gasteiger partial charge in [-0.1, -0.05) is 27.7 Å². The van der Waals surface area contributed by atoms with Crippen LogP contribution < -0.4 is 0 Å². The Labute approximate surface area is 323 Å². The molecule has 0 aromatic heterocycles. The van der Waals surface area contributed by atoms with E-state index in [0.717, 1.165) is 0 Å². The van der Waals surface area contributed by atoms with Crippen molar-refractivity contribution in [2.75, 3.05) is 44.4 Å². The first-order chi connectivity index (χ1) is 25.3. The van der Waals surface area contributed by atoms with E-state index >= 15 is 0 Å². The summed E-state index contributed by atoms with van der Waals surface area (Å²) < 4.78 is 0. The molecule has 0 saturated heterocycles. The third kappa shape index (κ3) is 21.2. The van der Waals surface area contributed by atoms with Gasteiger partial charge in [-0.15, -0.1) is 23.5 Å². The van der Waals surface area contributed by atoms with Crippen LogP contribution in [0.15, 0.2) is 23.0 Å². The van der Waals surface area contributed by atoms with Crippen LogP contribution in [0, 0.1) is 5.92 Å². The first kappa shape index (κ1) is 47.6. The molecule has 0 N–H and O–H groups in total. The molecule has 1 rings (SSSR count). The summed E-state index contributed by atoms with van der Waals surface area (Å²) in [5.41, 5.74) is 0. The van der Waals surface area contributed by atoms with Crippen molar-refractivity contribution in [1.82, 2.24) is 14.7 Å². The summed E-state index contributed by atoms with van der Waals surface area (Å²) >= 11 is 2.84. The number of carbonyl (C=O) groups excluding carboxylic acids is 9. The highest BCUT2D eigenvalue weighted by Gasteiger charge is 2.28. The summed E-state index contributed by atoms with van der Waals surface area (Å²) in [6, 6.07) is 0. The summed E-state index contributed by atoms with van der Waals surface area (Å²) in [5, 5.41) is 4.03. The largest absolute Gasteiger partial charge is 0.342 e. The van der Waals surface area contributed by atoms with Gasteiger partial charge in [-0.2, -0.15) is 0 Å². The summed E-state index contributed by atoms with van der Waals surface area (Å²) in [6.45, 7) is 7.37. The summed E-state index contributed by atoms with van der Waals surface area (Å²) in [6.07, 6.45) is 5.01. The fourth-order valence-electron chi connectivity index (χ4n) is 5.39. The fourth-order valence-corrected chi connectivity index (χ4v) is 6.83. The van der Waals surface area contributed by atoms with Crippen LogP contribution in [0.1, 0.15) is 118 Å². The quantitative estimate of drug-likeness (QED) is 0.129. The molecule has 0 saturated carbocycles. The lowest BCUT2D eigenvalue weighted by Gasteiger charge is -2.30. The summed E-state index contributed by atoms with van der Waals surface area (Å²) in [7, 11) is 0. The van der Waals surface area contributed by atoms with Crippen LogP contribution in [-0.2, 0) is 43.2 Å². The third-order valence-electron chi connectivity index (χ3n) is 9.09. The Morgan fingerprint density at radius 1 is 0.528 bits per heavy atom. The molecule has 0 aliphatic carbocycles. The Hall–Kier alpha value is -3.39. The highest BCUT2D eigenvalue weighted by molar-refractivity contribution is 8.18. The van der Waals surface area contributed by atoms with Crippen LogP contribution in [0.3, 0.4) is 0 Å². The van der Waals surface area contributed by atoms with E-state index in [1.165, 1.54) is 50.4 Å². The molecule has 1 aliphatic heterocycles. The van der Waals surface area contributed by atoms with Crippen LogP contribution in [0.4, 0.5) is 0 Å². The molecule has 3 amide bonds. The number of rotatable bonds is 23. The zero-order valence-corrected chi connectivity index (χ0v) is 33.7. The van der Waals surface area contributed by atoms with E-state index in [2.05, 4.69) is 0 Å². The number of thioether (sulfide) groups is 2. The number of carbonyl (C=O) groups is 9. The molecule has 0 radical (unpaired) electrons. The van der Waals surface area contributed by atoms with E-state index in [1.54, 1.807) is 38.5 Å². The second kappa shape index (κ2) is 28.1. The maximum atomic E-state index is 14.3. The van der Waals surface area contributed by atoms with Crippen LogP contribution in [0.2, 0.25) is 0 Å². The topological polar surface area (TPSA) is 163 Å². The van der Waals surface area contributed by atoms with Crippen molar-refractivity contribution in [3.05, 3.63) is 23.0 Å². The molecule has 1 aliphatic rings. The zero-order valence-electron chi connectivity index (χ0n) is 32.1. The van der Waals surface area contributed by atoms with Crippen molar-refractivity contribution in [3.63, 3.8) is 0 Å². The molecule has 296 valence electrons. The lowest BCUT2D eigenvalue weighted by atomic mass is 9.93. The molecule has 0 aromatic carbocycles. The van der Waals surface area contributed by atoms with Crippen molar-refractivity contribution in [1.29, 1.82) is 0 Å². The van der Waals surface area contributed by atoms with Crippen molar-refractivity contribution in [2.24, 2.45) is 5.92 Å². The lowest BCUT2D eigenvalue weighted by Crippen LogP contribution is -2.43. The van der Waals surface area contributed by atoms with E-state index in [-0.39, 0.29) is 150 Å². The second-order valence-electron chi connectivity index (χ2n) is 12.9. The molecular weight excluding hydrogens is 719 g/mol. The molecule has 0 bridgehead atoms. The van der Waals surface area contributed by atoms with E-state index in [9.17, 15) is 43.2 Å². The number of hydrogen-bond acceptors (Lipinski definition) is 11. The van der Waals surface area contributed by atoms with Crippen LogP contribution in [-0.4, -0.2) is 111 Å². The minimum atomic E-state index is -0.737. The van der Waals surface area contributed by atoms with Crippen molar-refractivity contribution < 1.29 is 43.2 Å². The SMILES string of the molecule is CCC(=O)CCN(CCC(=O)CC)C(=O)CCN(CCC(=O)N(CCC(=O)CC)CCC(=O)CC)C(=O)C1CCC(=O)/C=C/SCS/C=C/C(=O)CC1. The Bertz CT molecular complexity index is 1200. The average molecular weight is 778 g/mol. The Morgan fingerprint density at radius 2 is 0.849 bits per heavy atom. The minimum absolute atomic E-state index is 0.0226. The Morgan fingerprint density at radius 3 is 1.17 bits per heavy atom. The van der Waals surface area contributed by atoms with Gasteiger partial charge in [0.2, 0.25) is 17.7 Å². The number of nitrogens with zero attached hydrogens (tertiary/aromatic N) is 3. The van der Waals surface area contributed by atoms with Gasteiger partial charge < -0.3 is 14.7 Å². The first-order valence-corrected chi connectivity index (χ1v) is 21.0. The maximum absolute atomic E-state index is 14.3. The van der Waals surface area contributed by atoms with Crippen LogP contribution >= 0.6 is 23.5 Å². The van der Waals surface area contributed by atoms with Gasteiger partial charge >= 0.3 is 0 Å². The normalized spacial score (nSPS) is 15.5. The van der Waals surface area contributed by atoms with Gasteiger partial charge in [-0.3, -0.25) is 43.2 Å². The van der Waals surface area contributed by atoms with Gasteiger partial charge in [0.05, 0.1) is 0 Å². The minimum Gasteiger partial charge on any atom is -0.342 e. The Kier molecular flexibility index (Phi) is 25.3. The van der Waals surface area contributed by atoms with Gasteiger partial charge in [0.15, 0.2) is 11.6 Å². The van der Waals surface area contributed by atoms with Gasteiger partial charge in [0.1, 0.15) is 23.1 Å². The molecule has 1 heterocycles. The molecule has 0 spiro atoms. The van der Waals surface area contributed by atoms with Gasteiger partial charge in [-0.05, 0) is 35.8 Å². The van der Waals surface area contributed by atoms with E-state index in [0.29, 0.717) is 30.8 Å². The number of ketones is 6. The van der Waals surface area contributed by atoms with E-state index in [4.69, 9.17) is 0 Å². The third-order valence-corrected chi connectivity index (χ3v) is 10.8. The van der Waals surface area contributed by atoms with E-state index < -0.39 is 11.8 Å². The molecule has 0 aromatic rings. The van der Waals surface area contributed by atoms with Crippen molar-refractivity contribution >= 4 is 75.9 Å². The smallest absolute Gasteiger partial charge is 0.225 e. The second-order valence-corrected chi connectivity index (χ2v) is 15.1. The number of Topliss-reactive ketones (excluding diaryl/α,β-unsaturated/α-hetero) is 4. The number of hydrogen-bond donors (Lipinski definition) is 0. The lowest BCUT2D eigenvalue weighted by molar-refractivity contribution is -0.138. The van der Waals surface area contributed by atoms with Gasteiger partial charge in [0, 0.05) is 127 Å². The molecule has 0 unspecified atom stereocenters. The highest BCUT2D eigenvalue weighted by Crippen LogP contribution is 2.21. The average Bonchev–Trinajstić information content (AvgIpc) is 3.15. The maximum Gasteiger partial charge on any atom is 0.225 e. The van der Waals surface area contributed by atoms with Crippen molar-refractivity contribution in [2.45, 2.75) is 118 Å². The van der Waals surface area contributed by atoms with E-state index in [1.807, 2.05) is 0 Å². The molecule has 53 heavy (non-hydrogen) atoms. The molecule has 12 nitrogen and oxygen atoms in total. The van der Waals surface area contributed by atoms with Gasteiger partial charge in [0.25, 0.3) is 0 Å². The highest BCUT2D eigenvalue weighted by atomic mass is 32.2. The fraction of sp³-hybridized carbons (Fsp3) is 0.667. The molecule has 0 atom stereocenters. The summed E-state index contributed by atoms with van der Waals surface area (Å²) in [5.74, 6) is -2.23. The number of allylic oxidation sites excluding steroid dienone is 2. The van der Waals surface area contributed by atoms with Crippen molar-refractivity contribution in [3.8, 4) is 0 Å². The molecule has 14 heteroatoms. The van der Waals surface area contributed by atoms with Crippen LogP contribution in [0.5, 0.6) is 0 Å². The molecule has 0 fully saturated rings. The zero-order chi connectivity index (χ0) is 39.6. The Balaban J connectivity index is 3.35. The molecular formula is C39H59N3O9S2. The first-order valence-electron chi connectivity index (χ1n) is 18.9.